The van der Waals surface area contributed by atoms with Gasteiger partial charge in [-0.2, -0.15) is 20.8 Å². The van der Waals surface area contributed by atoms with Crippen molar-refractivity contribution in [3.05, 3.63) is 0 Å². The Morgan fingerprint density at radius 3 is 1.46 bits per heavy atom. The van der Waals surface area contributed by atoms with Crippen molar-refractivity contribution >= 4 is 11.9 Å². The first kappa shape index (κ1) is 23.5. The predicted octanol–water partition coefficient (Wildman–Crippen LogP) is 3.18. The van der Waals surface area contributed by atoms with E-state index >= 15 is 0 Å². The molecule has 8 nitrogen and oxygen atoms in total. The zero-order valence-electron chi connectivity index (χ0n) is 16.0. The van der Waals surface area contributed by atoms with Crippen molar-refractivity contribution in [1.82, 2.24) is 0 Å². The maximum absolute atomic E-state index is 11.6. The Hall–Kier alpha value is -2.48. The molecule has 0 aliphatic rings. The third-order valence-corrected chi connectivity index (χ3v) is 3.63. The Kier molecular flexibility index (Phi) is 12.5. The van der Waals surface area contributed by atoms with Crippen molar-refractivity contribution in [2.75, 3.05) is 13.2 Å². The summed E-state index contributed by atoms with van der Waals surface area (Å²) in [5, 5.41) is 26.6. The van der Waals surface area contributed by atoms with Crippen molar-refractivity contribution in [3.63, 3.8) is 0 Å². The van der Waals surface area contributed by atoms with Gasteiger partial charge >= 0.3 is 11.9 Å². The fourth-order valence-electron chi connectivity index (χ4n) is 1.93. The van der Waals surface area contributed by atoms with E-state index in [1.807, 2.05) is 26.0 Å². The van der Waals surface area contributed by atoms with Gasteiger partial charge in [-0.25, -0.2) is 0 Å². The van der Waals surface area contributed by atoms with Gasteiger partial charge in [0, 0.05) is 0 Å². The SMILES string of the molecule is CCCOC(=O)CC(C#N)C(C)N=NC(C)C(C#N)CC(=O)OCCC. The molecule has 144 valence electrons. The minimum absolute atomic E-state index is 0.0594. The summed E-state index contributed by atoms with van der Waals surface area (Å²) in [6.45, 7) is 7.76. The van der Waals surface area contributed by atoms with Crippen LogP contribution in [0.15, 0.2) is 10.2 Å². The molecular formula is C18H28N4O4. The van der Waals surface area contributed by atoms with Crippen molar-refractivity contribution in [2.24, 2.45) is 22.1 Å². The van der Waals surface area contributed by atoms with E-state index in [1.165, 1.54) is 0 Å². The van der Waals surface area contributed by atoms with Crippen LogP contribution in [0.1, 0.15) is 53.4 Å². The average Bonchev–Trinajstić information content (AvgIpc) is 2.64. The Morgan fingerprint density at radius 2 is 1.19 bits per heavy atom. The lowest BCUT2D eigenvalue weighted by molar-refractivity contribution is -0.145. The molecule has 0 bridgehead atoms. The molecule has 4 atom stereocenters. The molecule has 26 heavy (non-hydrogen) atoms. The van der Waals surface area contributed by atoms with E-state index in [2.05, 4.69) is 10.2 Å². The van der Waals surface area contributed by atoms with Gasteiger partial charge < -0.3 is 9.47 Å². The summed E-state index contributed by atoms with van der Waals surface area (Å²) in [4.78, 5) is 23.3. The fourth-order valence-corrected chi connectivity index (χ4v) is 1.93. The summed E-state index contributed by atoms with van der Waals surface area (Å²) in [6.07, 6.45) is 1.31. The number of carbonyl (C=O) groups excluding carboxylic acids is 2. The van der Waals surface area contributed by atoms with Crippen molar-refractivity contribution in [3.8, 4) is 12.1 Å². The largest absolute Gasteiger partial charge is 0.466 e. The highest BCUT2D eigenvalue weighted by molar-refractivity contribution is 5.70. The number of nitriles is 2. The van der Waals surface area contributed by atoms with E-state index < -0.39 is 35.9 Å². The molecular weight excluding hydrogens is 336 g/mol. The maximum atomic E-state index is 11.6. The highest BCUT2D eigenvalue weighted by atomic mass is 16.5. The monoisotopic (exact) mass is 364 g/mol. The van der Waals surface area contributed by atoms with Crippen LogP contribution in [-0.2, 0) is 19.1 Å². The predicted molar refractivity (Wildman–Crippen MR) is 93.7 cm³/mol. The van der Waals surface area contributed by atoms with Crippen LogP contribution in [0.25, 0.3) is 0 Å². The van der Waals surface area contributed by atoms with Gasteiger partial charge in [-0.3, -0.25) is 9.59 Å². The molecule has 0 aromatic rings. The third kappa shape index (κ3) is 9.73. The average molecular weight is 364 g/mol. The van der Waals surface area contributed by atoms with Crippen LogP contribution >= 0.6 is 0 Å². The number of rotatable bonds is 12. The van der Waals surface area contributed by atoms with Crippen molar-refractivity contribution in [2.45, 2.75) is 65.5 Å². The number of carbonyl (C=O) groups is 2. The topological polar surface area (TPSA) is 125 Å². The minimum atomic E-state index is -0.662. The van der Waals surface area contributed by atoms with Crippen LogP contribution in [0.2, 0.25) is 0 Å². The lowest BCUT2D eigenvalue weighted by Crippen LogP contribution is -2.21. The first-order valence-corrected chi connectivity index (χ1v) is 8.89. The number of ether oxygens (including phenoxy) is 2. The summed E-state index contributed by atoms with van der Waals surface area (Å²) in [6, 6.07) is 3.03. The Morgan fingerprint density at radius 1 is 0.846 bits per heavy atom. The normalized spacial score (nSPS) is 15.3. The zero-order chi connectivity index (χ0) is 19.9. The summed E-state index contributed by atoms with van der Waals surface area (Å²) in [5.41, 5.74) is 0. The van der Waals surface area contributed by atoms with E-state index in [1.54, 1.807) is 13.8 Å². The molecule has 0 radical (unpaired) electrons. The van der Waals surface area contributed by atoms with Gasteiger partial charge in [-0.05, 0) is 26.7 Å². The number of azo groups is 1. The molecule has 0 aromatic heterocycles. The van der Waals surface area contributed by atoms with E-state index in [0.717, 1.165) is 0 Å². The summed E-state index contributed by atoms with van der Waals surface area (Å²) in [5.74, 6) is -2.21. The van der Waals surface area contributed by atoms with Gasteiger partial charge in [-0.15, -0.1) is 0 Å². The molecule has 0 aliphatic carbocycles. The van der Waals surface area contributed by atoms with Crippen LogP contribution in [0.4, 0.5) is 0 Å². The summed E-state index contributed by atoms with van der Waals surface area (Å²) < 4.78 is 9.95. The van der Waals surface area contributed by atoms with Gasteiger partial charge in [0.2, 0.25) is 0 Å². The van der Waals surface area contributed by atoms with Crippen LogP contribution < -0.4 is 0 Å². The molecule has 0 saturated heterocycles. The van der Waals surface area contributed by atoms with Gasteiger partial charge in [0.25, 0.3) is 0 Å². The third-order valence-electron chi connectivity index (χ3n) is 3.63. The second-order valence-corrected chi connectivity index (χ2v) is 6.03. The number of nitrogens with zero attached hydrogens (tertiary/aromatic N) is 4. The second-order valence-electron chi connectivity index (χ2n) is 6.03. The standard InChI is InChI=1S/C18H28N4O4/c1-5-7-25-17(23)9-15(11-19)13(3)21-22-14(4)16(12-20)10-18(24)26-8-6-2/h13-16H,5-10H2,1-4H3. The molecule has 0 amide bonds. The lowest BCUT2D eigenvalue weighted by Gasteiger charge is -2.15. The number of esters is 2. The molecule has 0 spiro atoms. The number of hydrogen-bond acceptors (Lipinski definition) is 8. The van der Waals surface area contributed by atoms with Gasteiger partial charge in [0.1, 0.15) is 0 Å². The van der Waals surface area contributed by atoms with Crippen LogP contribution in [0.5, 0.6) is 0 Å². The fraction of sp³-hybridized carbons (Fsp3) is 0.778. The van der Waals surface area contributed by atoms with E-state index in [-0.39, 0.29) is 12.8 Å². The van der Waals surface area contributed by atoms with E-state index in [4.69, 9.17) is 9.47 Å². The van der Waals surface area contributed by atoms with Crippen LogP contribution in [0.3, 0.4) is 0 Å². The Balaban J connectivity index is 4.67. The van der Waals surface area contributed by atoms with E-state index in [9.17, 15) is 20.1 Å². The molecule has 0 aliphatic heterocycles. The molecule has 0 fully saturated rings. The highest BCUT2D eigenvalue weighted by Gasteiger charge is 2.24. The van der Waals surface area contributed by atoms with Gasteiger partial charge in [0.05, 0.1) is 62.1 Å². The maximum Gasteiger partial charge on any atom is 0.307 e. The van der Waals surface area contributed by atoms with Gasteiger partial charge in [-0.1, -0.05) is 13.8 Å². The molecule has 4 unspecified atom stereocenters. The molecule has 0 heterocycles. The molecule has 0 rings (SSSR count). The number of hydrogen-bond donors (Lipinski definition) is 0. The highest BCUT2D eigenvalue weighted by Crippen LogP contribution is 2.17. The minimum Gasteiger partial charge on any atom is -0.466 e. The second kappa shape index (κ2) is 13.8. The quantitative estimate of drug-likeness (QED) is 0.387. The summed E-state index contributed by atoms with van der Waals surface area (Å²) >= 11 is 0. The van der Waals surface area contributed by atoms with Crippen LogP contribution in [-0.4, -0.2) is 37.2 Å². The zero-order valence-corrected chi connectivity index (χ0v) is 16.0. The molecule has 0 N–H and O–H groups in total. The first-order valence-electron chi connectivity index (χ1n) is 8.89. The summed E-state index contributed by atoms with van der Waals surface area (Å²) in [7, 11) is 0. The van der Waals surface area contributed by atoms with E-state index in [0.29, 0.717) is 26.1 Å². The van der Waals surface area contributed by atoms with Crippen molar-refractivity contribution < 1.29 is 19.1 Å². The molecule has 0 saturated carbocycles. The molecule has 8 heteroatoms. The molecule has 0 aromatic carbocycles. The van der Waals surface area contributed by atoms with Crippen LogP contribution in [0, 0.1) is 34.5 Å². The Labute approximate surface area is 155 Å². The van der Waals surface area contributed by atoms with Crippen molar-refractivity contribution in [1.29, 1.82) is 10.5 Å². The Bertz CT molecular complexity index is 502. The van der Waals surface area contributed by atoms with Gasteiger partial charge in [0.15, 0.2) is 0 Å². The smallest absolute Gasteiger partial charge is 0.307 e. The first-order chi connectivity index (χ1) is 12.4. The lowest BCUT2D eigenvalue weighted by atomic mass is 9.99.